The maximum absolute atomic E-state index is 12.1. The molecule has 1 amide bonds. The Balaban J connectivity index is 1.57. The molecule has 0 aliphatic carbocycles. The molecular formula is C18H17Cl2N3O. The molecule has 0 saturated carbocycles. The van der Waals surface area contributed by atoms with Crippen LogP contribution in [-0.4, -0.2) is 22.0 Å². The van der Waals surface area contributed by atoms with Gasteiger partial charge in [-0.3, -0.25) is 4.79 Å². The van der Waals surface area contributed by atoms with Crippen LogP contribution in [0.4, 0.5) is 0 Å². The van der Waals surface area contributed by atoms with E-state index in [1.54, 1.807) is 18.2 Å². The lowest BCUT2D eigenvalue weighted by Gasteiger charge is -2.09. The predicted molar refractivity (Wildman–Crippen MR) is 97.9 cm³/mol. The van der Waals surface area contributed by atoms with Crippen molar-refractivity contribution in [3.63, 3.8) is 0 Å². The number of hydrogen-bond acceptors (Lipinski definition) is 2. The quantitative estimate of drug-likeness (QED) is 0.681. The number of nitrogens with one attached hydrogen (secondary N) is 1. The minimum Gasteiger partial charge on any atom is -0.352 e. The maximum atomic E-state index is 12.1. The second kappa shape index (κ2) is 7.24. The fraction of sp³-hybridized carbons (Fsp3) is 0.222. The van der Waals surface area contributed by atoms with Gasteiger partial charge in [-0.2, -0.15) is 0 Å². The number of para-hydroxylation sites is 2. The van der Waals surface area contributed by atoms with Gasteiger partial charge in [0.2, 0.25) is 0 Å². The van der Waals surface area contributed by atoms with Crippen molar-refractivity contribution >= 4 is 40.1 Å². The van der Waals surface area contributed by atoms with Crippen molar-refractivity contribution in [2.45, 2.75) is 19.9 Å². The van der Waals surface area contributed by atoms with E-state index in [0.717, 1.165) is 29.8 Å². The first kappa shape index (κ1) is 16.8. The highest BCUT2D eigenvalue weighted by molar-refractivity contribution is 6.42. The zero-order valence-corrected chi connectivity index (χ0v) is 14.7. The summed E-state index contributed by atoms with van der Waals surface area (Å²) in [5, 5.41) is 3.72. The van der Waals surface area contributed by atoms with Crippen molar-refractivity contribution in [2.75, 3.05) is 6.54 Å². The highest BCUT2D eigenvalue weighted by atomic mass is 35.5. The number of benzene rings is 2. The lowest BCUT2D eigenvalue weighted by Crippen LogP contribution is -2.25. The van der Waals surface area contributed by atoms with Crippen molar-refractivity contribution in [3.05, 3.63) is 63.9 Å². The van der Waals surface area contributed by atoms with Crippen molar-refractivity contribution in [2.24, 2.45) is 0 Å². The number of fused-ring (bicyclic) bond motifs is 1. The summed E-state index contributed by atoms with van der Waals surface area (Å²) in [5.41, 5.74) is 2.62. The molecular weight excluding hydrogens is 345 g/mol. The average Bonchev–Trinajstić information content (AvgIpc) is 2.89. The van der Waals surface area contributed by atoms with E-state index in [4.69, 9.17) is 23.2 Å². The Hall–Kier alpha value is -2.04. The SMILES string of the molecule is Cc1nc2ccccc2n1CCCNC(=O)c1ccc(Cl)c(Cl)c1. The Kier molecular flexibility index (Phi) is 5.07. The van der Waals surface area contributed by atoms with Crippen LogP contribution >= 0.6 is 23.2 Å². The number of aromatic nitrogens is 2. The van der Waals surface area contributed by atoms with Gasteiger partial charge in [-0.25, -0.2) is 4.98 Å². The Bertz CT molecular complexity index is 889. The van der Waals surface area contributed by atoms with Gasteiger partial charge in [0, 0.05) is 18.7 Å². The number of halogens is 2. The Labute approximate surface area is 150 Å². The van der Waals surface area contributed by atoms with E-state index in [9.17, 15) is 4.79 Å². The Morgan fingerprint density at radius 1 is 1.17 bits per heavy atom. The highest BCUT2D eigenvalue weighted by Gasteiger charge is 2.09. The average molecular weight is 362 g/mol. The molecule has 3 aromatic rings. The molecule has 1 N–H and O–H groups in total. The van der Waals surface area contributed by atoms with Gasteiger partial charge in [0.15, 0.2) is 0 Å². The molecule has 4 nitrogen and oxygen atoms in total. The normalized spacial score (nSPS) is 11.0. The van der Waals surface area contributed by atoms with Crippen LogP contribution in [-0.2, 0) is 6.54 Å². The monoisotopic (exact) mass is 361 g/mol. The Morgan fingerprint density at radius 3 is 2.75 bits per heavy atom. The van der Waals surface area contributed by atoms with Gasteiger partial charge in [0.1, 0.15) is 5.82 Å². The van der Waals surface area contributed by atoms with Crippen LogP contribution in [0.5, 0.6) is 0 Å². The van der Waals surface area contributed by atoms with E-state index < -0.39 is 0 Å². The maximum Gasteiger partial charge on any atom is 0.251 e. The lowest BCUT2D eigenvalue weighted by molar-refractivity contribution is 0.0953. The predicted octanol–water partition coefficient (Wildman–Crippen LogP) is 4.47. The summed E-state index contributed by atoms with van der Waals surface area (Å²) in [6.45, 7) is 3.37. The fourth-order valence-corrected chi connectivity index (χ4v) is 2.95. The summed E-state index contributed by atoms with van der Waals surface area (Å²) < 4.78 is 2.17. The van der Waals surface area contributed by atoms with E-state index in [2.05, 4.69) is 20.9 Å². The van der Waals surface area contributed by atoms with Gasteiger partial charge in [0.25, 0.3) is 5.91 Å². The number of carbonyl (C=O) groups excluding carboxylic acids is 1. The van der Waals surface area contributed by atoms with Crippen molar-refractivity contribution in [1.29, 1.82) is 0 Å². The smallest absolute Gasteiger partial charge is 0.251 e. The number of carbonyl (C=O) groups is 1. The van der Waals surface area contributed by atoms with E-state index in [1.165, 1.54) is 0 Å². The fourth-order valence-electron chi connectivity index (χ4n) is 2.66. The van der Waals surface area contributed by atoms with Gasteiger partial charge in [0.05, 0.1) is 21.1 Å². The highest BCUT2D eigenvalue weighted by Crippen LogP contribution is 2.22. The van der Waals surface area contributed by atoms with E-state index in [-0.39, 0.29) is 5.91 Å². The second-order valence-electron chi connectivity index (χ2n) is 5.54. The van der Waals surface area contributed by atoms with Crippen molar-refractivity contribution in [3.8, 4) is 0 Å². The van der Waals surface area contributed by atoms with Gasteiger partial charge in [-0.15, -0.1) is 0 Å². The summed E-state index contributed by atoms with van der Waals surface area (Å²) in [7, 11) is 0. The molecule has 24 heavy (non-hydrogen) atoms. The molecule has 0 unspecified atom stereocenters. The molecule has 1 aromatic heterocycles. The molecule has 6 heteroatoms. The molecule has 3 rings (SSSR count). The largest absolute Gasteiger partial charge is 0.352 e. The topological polar surface area (TPSA) is 46.9 Å². The molecule has 0 atom stereocenters. The molecule has 0 saturated heterocycles. The summed E-state index contributed by atoms with van der Waals surface area (Å²) in [6.07, 6.45) is 0.814. The lowest BCUT2D eigenvalue weighted by atomic mass is 10.2. The zero-order chi connectivity index (χ0) is 17.1. The van der Waals surface area contributed by atoms with Gasteiger partial charge in [-0.05, 0) is 43.7 Å². The first-order valence-corrected chi connectivity index (χ1v) is 8.47. The molecule has 124 valence electrons. The van der Waals surface area contributed by atoms with E-state index in [1.807, 2.05) is 25.1 Å². The van der Waals surface area contributed by atoms with Crippen molar-refractivity contribution in [1.82, 2.24) is 14.9 Å². The van der Waals surface area contributed by atoms with Crippen LogP contribution < -0.4 is 5.32 Å². The molecule has 2 aromatic carbocycles. The van der Waals surface area contributed by atoms with Crippen LogP contribution in [0.15, 0.2) is 42.5 Å². The minimum absolute atomic E-state index is 0.152. The molecule has 0 spiro atoms. The van der Waals surface area contributed by atoms with Crippen LogP contribution in [0.3, 0.4) is 0 Å². The number of amides is 1. The van der Waals surface area contributed by atoms with Crippen LogP contribution in [0, 0.1) is 6.92 Å². The summed E-state index contributed by atoms with van der Waals surface area (Å²) in [6, 6.07) is 12.9. The van der Waals surface area contributed by atoms with Crippen LogP contribution in [0.2, 0.25) is 10.0 Å². The zero-order valence-electron chi connectivity index (χ0n) is 13.2. The summed E-state index contributed by atoms with van der Waals surface area (Å²) in [4.78, 5) is 16.7. The Morgan fingerprint density at radius 2 is 1.96 bits per heavy atom. The molecule has 0 radical (unpaired) electrons. The summed E-state index contributed by atoms with van der Waals surface area (Å²) in [5.74, 6) is 0.827. The first-order valence-electron chi connectivity index (χ1n) is 7.71. The van der Waals surface area contributed by atoms with Gasteiger partial charge < -0.3 is 9.88 Å². The minimum atomic E-state index is -0.152. The van der Waals surface area contributed by atoms with Crippen LogP contribution in [0.25, 0.3) is 11.0 Å². The van der Waals surface area contributed by atoms with Gasteiger partial charge >= 0.3 is 0 Å². The molecule has 0 aliphatic heterocycles. The van der Waals surface area contributed by atoms with E-state index in [0.29, 0.717) is 22.2 Å². The third kappa shape index (κ3) is 3.55. The third-order valence-corrected chi connectivity index (χ3v) is 4.61. The van der Waals surface area contributed by atoms with Gasteiger partial charge in [-0.1, -0.05) is 35.3 Å². The standard InChI is InChI=1S/C18H17Cl2N3O/c1-12-22-16-5-2-3-6-17(16)23(12)10-4-9-21-18(24)13-7-8-14(19)15(20)11-13/h2-3,5-8,11H,4,9-10H2,1H3,(H,21,24). The number of rotatable bonds is 5. The number of aryl methyl sites for hydroxylation is 2. The number of nitrogens with zero attached hydrogens (tertiary/aromatic N) is 2. The number of imidazole rings is 1. The molecule has 0 bridgehead atoms. The molecule has 0 fully saturated rings. The summed E-state index contributed by atoms with van der Waals surface area (Å²) >= 11 is 11.8. The first-order chi connectivity index (χ1) is 11.6. The number of hydrogen-bond donors (Lipinski definition) is 1. The van der Waals surface area contributed by atoms with E-state index >= 15 is 0 Å². The van der Waals surface area contributed by atoms with Crippen molar-refractivity contribution < 1.29 is 4.79 Å². The molecule has 0 aliphatic rings. The third-order valence-electron chi connectivity index (χ3n) is 3.87. The second-order valence-corrected chi connectivity index (χ2v) is 6.35. The van der Waals surface area contributed by atoms with Crippen LogP contribution in [0.1, 0.15) is 22.6 Å². The molecule has 1 heterocycles.